The minimum Gasteiger partial charge on any atom is -0.481 e. The molecule has 0 aromatic carbocycles. The summed E-state index contributed by atoms with van der Waals surface area (Å²) in [4.78, 5) is 15.9. The van der Waals surface area contributed by atoms with E-state index < -0.39 is 47.8 Å². The van der Waals surface area contributed by atoms with Crippen LogP contribution in [0.25, 0.3) is 0 Å². The molecule has 1 aliphatic rings. The van der Waals surface area contributed by atoms with E-state index in [1.165, 1.54) is 19.9 Å². The lowest BCUT2D eigenvalue weighted by atomic mass is 9.77. The van der Waals surface area contributed by atoms with Crippen molar-refractivity contribution in [3.05, 3.63) is 23.4 Å². The number of hydrogen-bond acceptors (Lipinski definition) is 5. The van der Waals surface area contributed by atoms with Gasteiger partial charge in [0.1, 0.15) is 5.69 Å². The van der Waals surface area contributed by atoms with E-state index in [2.05, 4.69) is 4.98 Å². The Morgan fingerprint density at radius 2 is 2.00 bits per heavy atom. The fraction of sp³-hybridized carbons (Fsp3) is 0.647. The lowest BCUT2D eigenvalue weighted by Crippen LogP contribution is -2.47. The third-order valence-electron chi connectivity index (χ3n) is 4.87. The maximum atomic E-state index is 13.6. The van der Waals surface area contributed by atoms with Gasteiger partial charge in [0.2, 0.25) is 5.88 Å². The second-order valence-corrected chi connectivity index (χ2v) is 6.35. The van der Waals surface area contributed by atoms with E-state index in [4.69, 9.17) is 14.2 Å². The molecule has 1 aromatic rings. The second kappa shape index (κ2) is 7.57. The van der Waals surface area contributed by atoms with Gasteiger partial charge < -0.3 is 14.2 Å². The minimum absolute atomic E-state index is 0.0533. The van der Waals surface area contributed by atoms with Crippen molar-refractivity contribution in [2.75, 3.05) is 13.7 Å². The van der Waals surface area contributed by atoms with E-state index in [-0.39, 0.29) is 18.1 Å². The average molecular weight is 397 g/mol. The molecule has 0 bridgehead atoms. The van der Waals surface area contributed by atoms with E-state index in [0.29, 0.717) is 0 Å². The van der Waals surface area contributed by atoms with E-state index in [0.717, 1.165) is 20.1 Å². The highest BCUT2D eigenvalue weighted by atomic mass is 19.4. The number of methoxy groups -OCH3 is 1. The van der Waals surface area contributed by atoms with E-state index in [1.807, 2.05) is 0 Å². The van der Waals surface area contributed by atoms with Gasteiger partial charge in [-0.3, -0.25) is 0 Å². The molecule has 0 spiro atoms. The highest BCUT2D eigenvalue weighted by Crippen LogP contribution is 2.54. The molecule has 1 aliphatic heterocycles. The Balaban J connectivity index is 2.58. The first kappa shape index (κ1) is 21.3. The highest BCUT2D eigenvalue weighted by molar-refractivity contribution is 5.77. The van der Waals surface area contributed by atoms with Crippen LogP contribution in [-0.4, -0.2) is 42.6 Å². The standard InChI is InChI=1S/C17H20F5NO4/c1-5-26-15(24)12-11(8(2)16(3,27-12)17(20,21)22)9-6-7-10(13(18)19)23-14(9)25-4/h6-8,11-13H,5H2,1-4H3/t8-,11?,12?,16+/m0/s1. The molecule has 10 heteroatoms. The SMILES string of the molecule is CCOC(=O)C1O[C@@](C)(C(F)(F)F)[C@@H](C)C1c1ccc(C(F)F)nc1OC. The van der Waals surface area contributed by atoms with Gasteiger partial charge in [-0.2, -0.15) is 13.2 Å². The topological polar surface area (TPSA) is 57.7 Å². The smallest absolute Gasteiger partial charge is 0.417 e. The molecule has 0 N–H and O–H groups in total. The molecule has 0 amide bonds. The molecule has 1 aromatic heterocycles. The number of pyridine rings is 1. The fourth-order valence-corrected chi connectivity index (χ4v) is 3.23. The van der Waals surface area contributed by atoms with Crippen molar-refractivity contribution in [3.63, 3.8) is 0 Å². The largest absolute Gasteiger partial charge is 0.481 e. The van der Waals surface area contributed by atoms with Gasteiger partial charge in [-0.15, -0.1) is 0 Å². The van der Waals surface area contributed by atoms with Gasteiger partial charge >= 0.3 is 12.1 Å². The molecule has 5 nitrogen and oxygen atoms in total. The summed E-state index contributed by atoms with van der Waals surface area (Å²) in [6, 6.07) is 2.17. The molecule has 2 unspecified atom stereocenters. The van der Waals surface area contributed by atoms with Crippen LogP contribution in [0.5, 0.6) is 5.88 Å². The number of carbonyl (C=O) groups excluding carboxylic acids is 1. The lowest BCUT2D eigenvalue weighted by Gasteiger charge is -2.31. The molecule has 152 valence electrons. The maximum absolute atomic E-state index is 13.6. The molecule has 0 radical (unpaired) electrons. The lowest BCUT2D eigenvalue weighted by molar-refractivity contribution is -0.274. The molecule has 1 saturated heterocycles. The van der Waals surface area contributed by atoms with Gasteiger partial charge in [0.25, 0.3) is 6.43 Å². The zero-order chi connectivity index (χ0) is 20.6. The molecule has 2 rings (SSSR count). The summed E-state index contributed by atoms with van der Waals surface area (Å²) in [5, 5.41) is 0. The van der Waals surface area contributed by atoms with Crippen LogP contribution in [0.1, 0.15) is 44.4 Å². The van der Waals surface area contributed by atoms with Crippen LogP contribution in [0.3, 0.4) is 0 Å². The van der Waals surface area contributed by atoms with Crippen LogP contribution in [0.15, 0.2) is 12.1 Å². The van der Waals surface area contributed by atoms with Gasteiger partial charge in [0.05, 0.1) is 13.7 Å². The number of esters is 1. The van der Waals surface area contributed by atoms with Gasteiger partial charge in [0.15, 0.2) is 11.7 Å². The Morgan fingerprint density at radius 1 is 1.37 bits per heavy atom. The Bertz CT molecular complexity index is 696. The fourth-order valence-electron chi connectivity index (χ4n) is 3.23. The summed E-state index contributed by atoms with van der Waals surface area (Å²) in [6.07, 6.45) is -9.23. The van der Waals surface area contributed by atoms with E-state index in [9.17, 15) is 26.7 Å². The average Bonchev–Trinajstić information content (AvgIpc) is 2.87. The summed E-state index contributed by atoms with van der Waals surface area (Å²) in [6.45, 7) is 3.57. The Labute approximate surface area is 152 Å². The number of carbonyl (C=O) groups is 1. The van der Waals surface area contributed by atoms with Crippen LogP contribution in [-0.2, 0) is 14.3 Å². The van der Waals surface area contributed by atoms with E-state index in [1.54, 1.807) is 0 Å². The summed E-state index contributed by atoms with van der Waals surface area (Å²) in [5.41, 5.74) is -3.16. The van der Waals surface area contributed by atoms with Crippen LogP contribution in [0.2, 0.25) is 0 Å². The summed E-state index contributed by atoms with van der Waals surface area (Å²) in [7, 11) is 1.16. The number of halogens is 5. The number of rotatable bonds is 5. The summed E-state index contributed by atoms with van der Waals surface area (Å²) in [5.74, 6) is -3.64. The molecular formula is C17H20F5NO4. The van der Waals surface area contributed by atoms with Gasteiger partial charge in [-0.25, -0.2) is 18.6 Å². The van der Waals surface area contributed by atoms with Crippen molar-refractivity contribution in [2.24, 2.45) is 5.92 Å². The number of nitrogens with zero attached hydrogens (tertiary/aromatic N) is 1. The first-order valence-electron chi connectivity index (χ1n) is 8.22. The molecule has 0 aliphatic carbocycles. The highest BCUT2D eigenvalue weighted by Gasteiger charge is 2.66. The second-order valence-electron chi connectivity index (χ2n) is 6.35. The number of ether oxygens (including phenoxy) is 3. The van der Waals surface area contributed by atoms with Crippen molar-refractivity contribution >= 4 is 5.97 Å². The van der Waals surface area contributed by atoms with Crippen molar-refractivity contribution < 1.29 is 41.0 Å². The van der Waals surface area contributed by atoms with Crippen molar-refractivity contribution in [3.8, 4) is 5.88 Å². The Kier molecular flexibility index (Phi) is 5.98. The number of hydrogen-bond donors (Lipinski definition) is 0. The molecule has 1 fully saturated rings. The third-order valence-corrected chi connectivity index (χ3v) is 4.87. The monoisotopic (exact) mass is 397 g/mol. The minimum atomic E-state index is -4.77. The molecular weight excluding hydrogens is 377 g/mol. The number of alkyl halides is 5. The maximum Gasteiger partial charge on any atom is 0.417 e. The van der Waals surface area contributed by atoms with Gasteiger partial charge in [-0.05, 0) is 19.9 Å². The normalized spacial score (nSPS) is 28.4. The van der Waals surface area contributed by atoms with Crippen LogP contribution >= 0.6 is 0 Å². The molecule has 27 heavy (non-hydrogen) atoms. The van der Waals surface area contributed by atoms with Gasteiger partial charge in [-0.1, -0.05) is 13.0 Å². The molecule has 4 atom stereocenters. The molecule has 2 heterocycles. The van der Waals surface area contributed by atoms with Gasteiger partial charge in [0, 0.05) is 17.4 Å². The van der Waals surface area contributed by atoms with Crippen LogP contribution < -0.4 is 4.74 Å². The predicted molar refractivity (Wildman–Crippen MR) is 83.6 cm³/mol. The zero-order valence-electron chi connectivity index (χ0n) is 15.1. The Hall–Kier alpha value is -1.97. The third kappa shape index (κ3) is 3.71. The first-order valence-corrected chi connectivity index (χ1v) is 8.22. The molecule has 0 saturated carbocycles. The summed E-state index contributed by atoms with van der Waals surface area (Å²) >= 11 is 0. The van der Waals surface area contributed by atoms with Crippen molar-refractivity contribution in [2.45, 2.75) is 51.0 Å². The first-order chi connectivity index (χ1) is 12.5. The van der Waals surface area contributed by atoms with Crippen molar-refractivity contribution in [1.29, 1.82) is 0 Å². The Morgan fingerprint density at radius 3 is 2.48 bits per heavy atom. The van der Waals surface area contributed by atoms with E-state index >= 15 is 0 Å². The zero-order valence-corrected chi connectivity index (χ0v) is 15.1. The van der Waals surface area contributed by atoms with Crippen LogP contribution in [0.4, 0.5) is 22.0 Å². The quantitative estimate of drug-likeness (QED) is 0.555. The number of aromatic nitrogens is 1. The predicted octanol–water partition coefficient (Wildman–Crippen LogP) is 4.03. The van der Waals surface area contributed by atoms with Crippen LogP contribution in [0, 0.1) is 5.92 Å². The summed E-state index contributed by atoms with van der Waals surface area (Å²) < 4.78 is 81.7. The van der Waals surface area contributed by atoms with Crippen molar-refractivity contribution in [1.82, 2.24) is 4.98 Å².